The van der Waals surface area contributed by atoms with Gasteiger partial charge in [-0.25, -0.2) is 13.1 Å². The van der Waals surface area contributed by atoms with Gasteiger partial charge in [-0.3, -0.25) is 9.59 Å². The zero-order chi connectivity index (χ0) is 20.1. The third-order valence-electron chi connectivity index (χ3n) is 4.27. The molecule has 9 heteroatoms. The van der Waals surface area contributed by atoms with E-state index in [2.05, 4.69) is 10.0 Å². The number of sulfonamides is 1. The summed E-state index contributed by atoms with van der Waals surface area (Å²) in [7, 11) is -3.73. The minimum Gasteiger partial charge on any atom is -0.326 e. The van der Waals surface area contributed by atoms with E-state index < -0.39 is 10.0 Å². The first-order valence-electron chi connectivity index (χ1n) is 8.81. The number of rotatable bonds is 7. The van der Waals surface area contributed by atoms with Crippen molar-refractivity contribution in [2.75, 3.05) is 23.3 Å². The summed E-state index contributed by atoms with van der Waals surface area (Å²) in [5, 5.41) is 3.04. The van der Waals surface area contributed by atoms with Crippen molar-refractivity contribution in [2.45, 2.75) is 24.2 Å². The number of carbonyl (C=O) groups excluding carboxylic acids is 2. The molecule has 1 fully saturated rings. The number of nitrogens with one attached hydrogen (secondary N) is 2. The number of anilines is 2. The number of hydrogen-bond acceptors (Lipinski definition) is 4. The molecule has 1 heterocycles. The molecule has 2 aromatic carbocycles. The van der Waals surface area contributed by atoms with E-state index in [1.807, 2.05) is 6.07 Å². The molecule has 1 aliphatic heterocycles. The van der Waals surface area contributed by atoms with E-state index in [9.17, 15) is 18.0 Å². The van der Waals surface area contributed by atoms with E-state index in [4.69, 9.17) is 11.6 Å². The second-order valence-corrected chi connectivity index (χ2v) is 8.56. The summed E-state index contributed by atoms with van der Waals surface area (Å²) in [4.78, 5) is 25.7. The van der Waals surface area contributed by atoms with Gasteiger partial charge in [0.1, 0.15) is 0 Å². The van der Waals surface area contributed by atoms with Crippen molar-refractivity contribution in [3.05, 3.63) is 53.6 Å². The normalized spacial score (nSPS) is 14.3. The van der Waals surface area contributed by atoms with Crippen molar-refractivity contribution in [1.29, 1.82) is 0 Å². The van der Waals surface area contributed by atoms with Gasteiger partial charge in [0, 0.05) is 42.3 Å². The van der Waals surface area contributed by atoms with Gasteiger partial charge in [0.15, 0.2) is 0 Å². The van der Waals surface area contributed by atoms with Crippen LogP contribution in [-0.4, -0.2) is 33.3 Å². The number of halogens is 1. The molecule has 0 spiro atoms. The molecule has 0 atom stereocenters. The third kappa shape index (κ3) is 5.09. The van der Waals surface area contributed by atoms with Crippen LogP contribution in [0.25, 0.3) is 0 Å². The number of benzene rings is 2. The zero-order valence-electron chi connectivity index (χ0n) is 15.0. The maximum absolute atomic E-state index is 12.2. The fourth-order valence-electron chi connectivity index (χ4n) is 2.91. The van der Waals surface area contributed by atoms with Crippen molar-refractivity contribution in [1.82, 2.24) is 4.72 Å². The molecule has 1 aliphatic rings. The average molecular weight is 422 g/mol. The smallest absolute Gasteiger partial charge is 0.240 e. The van der Waals surface area contributed by atoms with E-state index in [-0.39, 0.29) is 29.7 Å². The SMILES string of the molecule is O=C(CCNS(=O)(=O)c1cccc(Cl)c1)Nc1cccc(N2CCCC2=O)c1. The fraction of sp³-hybridized carbons (Fsp3) is 0.263. The van der Waals surface area contributed by atoms with Crippen LogP contribution in [0.1, 0.15) is 19.3 Å². The molecule has 7 nitrogen and oxygen atoms in total. The Labute approximate surface area is 168 Å². The predicted octanol–water partition coefficient (Wildman–Crippen LogP) is 2.77. The highest BCUT2D eigenvalue weighted by Gasteiger charge is 2.22. The average Bonchev–Trinajstić information content (AvgIpc) is 3.08. The van der Waals surface area contributed by atoms with Crippen LogP contribution < -0.4 is 14.9 Å². The lowest BCUT2D eigenvalue weighted by Crippen LogP contribution is -2.28. The molecule has 0 bridgehead atoms. The Morgan fingerprint density at radius 3 is 2.64 bits per heavy atom. The highest BCUT2D eigenvalue weighted by atomic mass is 35.5. The van der Waals surface area contributed by atoms with Crippen LogP contribution in [0.5, 0.6) is 0 Å². The van der Waals surface area contributed by atoms with Gasteiger partial charge in [-0.15, -0.1) is 0 Å². The summed E-state index contributed by atoms with van der Waals surface area (Å²) < 4.78 is 26.8. The molecule has 2 amide bonds. The second kappa shape index (κ2) is 8.72. The van der Waals surface area contributed by atoms with E-state index in [1.165, 1.54) is 12.1 Å². The first kappa shape index (κ1) is 20.3. The third-order valence-corrected chi connectivity index (χ3v) is 5.96. The van der Waals surface area contributed by atoms with Gasteiger partial charge in [-0.2, -0.15) is 0 Å². The van der Waals surface area contributed by atoms with E-state index >= 15 is 0 Å². The maximum atomic E-state index is 12.2. The van der Waals surface area contributed by atoms with Crippen LogP contribution in [0.4, 0.5) is 11.4 Å². The van der Waals surface area contributed by atoms with Gasteiger partial charge in [-0.1, -0.05) is 23.7 Å². The Balaban J connectivity index is 1.54. The number of amides is 2. The minimum atomic E-state index is -3.73. The molecule has 1 saturated heterocycles. The molecule has 3 rings (SSSR count). The fourth-order valence-corrected chi connectivity index (χ4v) is 4.24. The van der Waals surface area contributed by atoms with Crippen molar-refractivity contribution in [3.8, 4) is 0 Å². The van der Waals surface area contributed by atoms with Crippen molar-refractivity contribution in [2.24, 2.45) is 0 Å². The largest absolute Gasteiger partial charge is 0.326 e. The van der Waals surface area contributed by atoms with Gasteiger partial charge in [0.25, 0.3) is 0 Å². The first-order valence-corrected chi connectivity index (χ1v) is 10.7. The van der Waals surface area contributed by atoms with Gasteiger partial charge in [-0.05, 0) is 42.8 Å². The molecular formula is C19H20ClN3O4S. The molecule has 0 radical (unpaired) electrons. The van der Waals surface area contributed by atoms with E-state index in [1.54, 1.807) is 35.2 Å². The molecule has 2 N–H and O–H groups in total. The Kier molecular flexibility index (Phi) is 6.33. The molecule has 0 aromatic heterocycles. The highest BCUT2D eigenvalue weighted by Crippen LogP contribution is 2.24. The number of carbonyl (C=O) groups is 2. The quantitative estimate of drug-likeness (QED) is 0.718. The summed E-state index contributed by atoms with van der Waals surface area (Å²) in [6, 6.07) is 12.9. The highest BCUT2D eigenvalue weighted by molar-refractivity contribution is 7.89. The number of hydrogen-bond donors (Lipinski definition) is 2. The lowest BCUT2D eigenvalue weighted by molar-refractivity contribution is -0.117. The Morgan fingerprint density at radius 2 is 1.93 bits per heavy atom. The van der Waals surface area contributed by atoms with Crippen LogP contribution in [0.3, 0.4) is 0 Å². The molecule has 28 heavy (non-hydrogen) atoms. The Hall–Kier alpha value is -2.42. The van der Waals surface area contributed by atoms with E-state index in [0.29, 0.717) is 23.7 Å². The lowest BCUT2D eigenvalue weighted by atomic mass is 10.2. The Bertz CT molecular complexity index is 994. The van der Waals surface area contributed by atoms with Gasteiger partial charge < -0.3 is 10.2 Å². The van der Waals surface area contributed by atoms with Crippen molar-refractivity contribution < 1.29 is 18.0 Å². The number of nitrogens with zero attached hydrogens (tertiary/aromatic N) is 1. The van der Waals surface area contributed by atoms with Crippen LogP contribution in [0.15, 0.2) is 53.4 Å². The van der Waals surface area contributed by atoms with Gasteiger partial charge >= 0.3 is 0 Å². The first-order chi connectivity index (χ1) is 13.3. The van der Waals surface area contributed by atoms with Crippen LogP contribution in [-0.2, 0) is 19.6 Å². The summed E-state index contributed by atoms with van der Waals surface area (Å²) >= 11 is 5.81. The molecule has 0 saturated carbocycles. The molecule has 0 aliphatic carbocycles. The molecule has 2 aromatic rings. The molecular weight excluding hydrogens is 402 g/mol. The van der Waals surface area contributed by atoms with Crippen molar-refractivity contribution >= 4 is 44.8 Å². The standard InChI is InChI=1S/C19H20ClN3O4S/c20-14-4-1-7-17(12-14)28(26,27)21-10-9-18(24)22-15-5-2-6-16(13-15)23-11-3-8-19(23)25/h1-2,4-7,12-13,21H,3,8-11H2,(H,22,24). The summed E-state index contributed by atoms with van der Waals surface area (Å²) in [5.74, 6) is -0.266. The predicted molar refractivity (Wildman–Crippen MR) is 108 cm³/mol. The topological polar surface area (TPSA) is 95.6 Å². The minimum absolute atomic E-state index is 0.0351. The lowest BCUT2D eigenvalue weighted by Gasteiger charge is -2.16. The summed E-state index contributed by atoms with van der Waals surface area (Å²) in [6.45, 7) is 0.618. The van der Waals surface area contributed by atoms with Crippen LogP contribution in [0, 0.1) is 0 Å². The van der Waals surface area contributed by atoms with Gasteiger partial charge in [0.2, 0.25) is 21.8 Å². The molecule has 0 unspecified atom stereocenters. The Morgan fingerprint density at radius 1 is 1.14 bits per heavy atom. The van der Waals surface area contributed by atoms with E-state index in [0.717, 1.165) is 12.1 Å². The zero-order valence-corrected chi connectivity index (χ0v) is 16.6. The summed E-state index contributed by atoms with van der Waals surface area (Å²) in [6.07, 6.45) is 1.32. The van der Waals surface area contributed by atoms with Crippen molar-refractivity contribution in [3.63, 3.8) is 0 Å². The monoisotopic (exact) mass is 421 g/mol. The van der Waals surface area contributed by atoms with Crippen LogP contribution in [0.2, 0.25) is 5.02 Å². The van der Waals surface area contributed by atoms with Gasteiger partial charge in [0.05, 0.1) is 4.90 Å². The second-order valence-electron chi connectivity index (χ2n) is 6.35. The maximum Gasteiger partial charge on any atom is 0.240 e. The van der Waals surface area contributed by atoms with Crippen LogP contribution >= 0.6 is 11.6 Å². The summed E-state index contributed by atoms with van der Waals surface area (Å²) in [5.41, 5.74) is 1.29. The molecule has 148 valence electrons.